The number of aliphatic hydroxyl groups excluding tert-OH is 1. The SMILES string of the molecule is C[C@@H](O)[C@H](NC(=O)OCc1ccccc1)C(=O)N[C@H](C(=O)OCc1ccccc1)[C@@H](C)O[C@H]1O[C@H](COCc2ccccc2)[C@H](OCc2ccccc2)[C@H](OCc2ccccc2)[C@H]1OCc1ccccc1. The summed E-state index contributed by atoms with van der Waals surface area (Å²) in [5, 5.41) is 16.0. The molecule has 6 aromatic rings. The van der Waals surface area contributed by atoms with Gasteiger partial charge in [0.2, 0.25) is 5.91 Å². The van der Waals surface area contributed by atoms with E-state index in [0.29, 0.717) is 5.56 Å². The highest BCUT2D eigenvalue weighted by Gasteiger charge is 2.50. The molecule has 3 N–H and O–H groups in total. The maximum absolute atomic E-state index is 14.3. The van der Waals surface area contributed by atoms with Gasteiger partial charge in [-0.2, -0.15) is 0 Å². The first-order chi connectivity index (χ1) is 34.7. The summed E-state index contributed by atoms with van der Waals surface area (Å²) in [7, 11) is 0. The molecule has 0 radical (unpaired) electrons. The Morgan fingerprint density at radius 2 is 0.887 bits per heavy atom. The van der Waals surface area contributed by atoms with E-state index in [1.165, 1.54) is 6.92 Å². The minimum Gasteiger partial charge on any atom is -0.459 e. The average Bonchev–Trinajstić information content (AvgIpc) is 3.40. The van der Waals surface area contributed by atoms with Gasteiger partial charge in [-0.1, -0.05) is 182 Å². The number of ether oxygens (including phenoxy) is 8. The predicted octanol–water partition coefficient (Wildman–Crippen LogP) is 7.99. The summed E-state index contributed by atoms with van der Waals surface area (Å²) < 4.78 is 51.7. The first-order valence-electron chi connectivity index (χ1n) is 23.8. The maximum atomic E-state index is 14.3. The van der Waals surface area contributed by atoms with Crippen LogP contribution in [0.15, 0.2) is 182 Å². The van der Waals surface area contributed by atoms with Gasteiger partial charge in [0.05, 0.1) is 45.2 Å². The lowest BCUT2D eigenvalue weighted by Gasteiger charge is -2.46. The van der Waals surface area contributed by atoms with Crippen molar-refractivity contribution in [2.45, 2.75) is 108 Å². The van der Waals surface area contributed by atoms with Crippen LogP contribution in [0.3, 0.4) is 0 Å². The molecule has 0 spiro atoms. The first kappa shape index (κ1) is 52.1. The highest BCUT2D eigenvalue weighted by molar-refractivity contribution is 5.90. The van der Waals surface area contributed by atoms with Crippen molar-refractivity contribution in [2.24, 2.45) is 0 Å². The molecule has 1 aliphatic rings. The summed E-state index contributed by atoms with van der Waals surface area (Å²) in [6.07, 6.45) is -8.30. The second-order valence-electron chi connectivity index (χ2n) is 17.2. The van der Waals surface area contributed by atoms with E-state index in [9.17, 15) is 19.5 Å². The molecule has 1 aliphatic heterocycles. The third-order valence-corrected chi connectivity index (χ3v) is 11.7. The molecule has 2 amide bonds. The Hall–Kier alpha value is -6.75. The van der Waals surface area contributed by atoms with E-state index in [0.717, 1.165) is 27.8 Å². The van der Waals surface area contributed by atoms with Gasteiger partial charge in [0.15, 0.2) is 12.3 Å². The van der Waals surface area contributed by atoms with Crippen LogP contribution in [-0.2, 0) is 87.1 Å². The lowest BCUT2D eigenvalue weighted by molar-refractivity contribution is -0.336. The van der Waals surface area contributed by atoms with E-state index in [4.69, 9.17) is 37.9 Å². The van der Waals surface area contributed by atoms with Gasteiger partial charge in [-0.05, 0) is 47.2 Å². The Labute approximate surface area is 415 Å². The third-order valence-electron chi connectivity index (χ3n) is 11.7. The predicted molar refractivity (Wildman–Crippen MR) is 264 cm³/mol. The fourth-order valence-corrected chi connectivity index (χ4v) is 7.87. The van der Waals surface area contributed by atoms with Crippen molar-refractivity contribution in [3.05, 3.63) is 215 Å². The number of alkyl carbamates (subject to hydrolysis) is 1. The summed E-state index contributed by atoms with van der Waals surface area (Å²) in [6, 6.07) is 53.8. The second-order valence-corrected chi connectivity index (χ2v) is 17.2. The molecule has 1 heterocycles. The molecule has 0 aliphatic carbocycles. The Morgan fingerprint density at radius 1 is 0.493 bits per heavy atom. The molecular weight excluding hydrogens is 905 g/mol. The number of amides is 2. The van der Waals surface area contributed by atoms with Gasteiger partial charge in [-0.25, -0.2) is 9.59 Å². The van der Waals surface area contributed by atoms with Crippen molar-refractivity contribution in [3.63, 3.8) is 0 Å². The van der Waals surface area contributed by atoms with Crippen molar-refractivity contribution in [1.82, 2.24) is 10.6 Å². The number of carbonyl (C=O) groups excluding carboxylic acids is 3. The number of esters is 1. The summed E-state index contributed by atoms with van der Waals surface area (Å²) in [4.78, 5) is 41.5. The van der Waals surface area contributed by atoms with E-state index in [2.05, 4.69) is 10.6 Å². The van der Waals surface area contributed by atoms with Gasteiger partial charge in [0.25, 0.3) is 0 Å². The fourth-order valence-electron chi connectivity index (χ4n) is 7.87. The van der Waals surface area contributed by atoms with Crippen LogP contribution in [0.2, 0.25) is 0 Å². The van der Waals surface area contributed by atoms with Crippen LogP contribution in [0.5, 0.6) is 0 Å². The molecule has 0 aromatic heterocycles. The molecular formula is C57H62N2O12. The van der Waals surface area contributed by atoms with Crippen molar-refractivity contribution in [3.8, 4) is 0 Å². The van der Waals surface area contributed by atoms with Crippen molar-refractivity contribution in [1.29, 1.82) is 0 Å². The lowest BCUT2D eigenvalue weighted by Crippen LogP contribution is -2.63. The van der Waals surface area contributed by atoms with Gasteiger partial charge in [0, 0.05) is 0 Å². The highest BCUT2D eigenvalue weighted by atomic mass is 16.7. The van der Waals surface area contributed by atoms with E-state index in [1.54, 1.807) is 43.3 Å². The smallest absolute Gasteiger partial charge is 0.408 e. The highest BCUT2D eigenvalue weighted by Crippen LogP contribution is 2.33. The average molecular weight is 967 g/mol. The molecule has 6 aromatic carbocycles. The normalized spacial score (nSPS) is 19.3. The standard InChI is InChI=1S/C57H62N2O12/c1-40(60)49(59-57(63)69-38-47-31-19-8-20-32-47)54(61)58-50(55(62)68-37-46-29-17-7-18-30-46)41(2)70-56-53(67-36-45-27-15-6-16-28-45)52(66-35-44-25-13-5-14-26-44)51(65-34-43-23-11-4-12-24-43)48(71-56)39-64-33-42-21-9-3-10-22-42/h3-32,40-41,48-53,56,60H,33-39H2,1-2H3,(H,58,61)(H,59,63)/t40-,41-,48-,49+,50+,51+,52+,53-,56+/m1/s1. The summed E-state index contributed by atoms with van der Waals surface area (Å²) in [5.74, 6) is -1.76. The van der Waals surface area contributed by atoms with Crippen molar-refractivity contribution < 1.29 is 57.4 Å². The molecule has 0 bridgehead atoms. The fraction of sp³-hybridized carbons (Fsp3) is 0.316. The van der Waals surface area contributed by atoms with Crippen LogP contribution in [-0.4, -0.2) is 84.7 Å². The lowest BCUT2D eigenvalue weighted by atomic mass is 9.97. The van der Waals surface area contributed by atoms with Gasteiger partial charge in [-0.15, -0.1) is 0 Å². The molecule has 0 unspecified atom stereocenters. The molecule has 71 heavy (non-hydrogen) atoms. The topological polar surface area (TPSA) is 169 Å². The largest absolute Gasteiger partial charge is 0.459 e. The van der Waals surface area contributed by atoms with Crippen LogP contribution in [0, 0.1) is 0 Å². The van der Waals surface area contributed by atoms with Crippen LogP contribution < -0.4 is 10.6 Å². The Kier molecular flexibility index (Phi) is 20.2. The zero-order valence-electron chi connectivity index (χ0n) is 39.9. The number of benzene rings is 6. The molecule has 1 fully saturated rings. The third kappa shape index (κ3) is 16.4. The van der Waals surface area contributed by atoms with Crippen molar-refractivity contribution in [2.75, 3.05) is 6.61 Å². The van der Waals surface area contributed by atoms with E-state index in [-0.39, 0.29) is 46.2 Å². The molecule has 1 saturated heterocycles. The number of carbonyl (C=O) groups is 3. The maximum Gasteiger partial charge on any atom is 0.408 e. The van der Waals surface area contributed by atoms with Crippen LogP contribution >= 0.6 is 0 Å². The van der Waals surface area contributed by atoms with Gasteiger partial charge >= 0.3 is 12.1 Å². The molecule has 0 saturated carbocycles. The van der Waals surface area contributed by atoms with E-state index < -0.39 is 73.0 Å². The van der Waals surface area contributed by atoms with Crippen LogP contribution in [0.25, 0.3) is 0 Å². The number of rotatable bonds is 25. The number of aliphatic hydroxyl groups is 1. The molecule has 372 valence electrons. The molecule has 14 heteroatoms. The van der Waals surface area contributed by atoms with E-state index in [1.807, 2.05) is 146 Å². The zero-order valence-corrected chi connectivity index (χ0v) is 39.9. The first-order valence-corrected chi connectivity index (χ1v) is 23.8. The summed E-state index contributed by atoms with van der Waals surface area (Å²) in [6.45, 7) is 3.54. The number of hydrogen-bond donors (Lipinski definition) is 3. The number of hydrogen-bond acceptors (Lipinski definition) is 12. The minimum absolute atomic E-state index is 0.0422. The second kappa shape index (κ2) is 27.6. The van der Waals surface area contributed by atoms with Crippen LogP contribution in [0.1, 0.15) is 47.2 Å². The monoisotopic (exact) mass is 966 g/mol. The Bertz CT molecular complexity index is 2470. The van der Waals surface area contributed by atoms with E-state index >= 15 is 0 Å². The summed E-state index contributed by atoms with van der Waals surface area (Å²) in [5.41, 5.74) is 5.07. The zero-order chi connectivity index (χ0) is 49.6. The van der Waals surface area contributed by atoms with Crippen LogP contribution in [0.4, 0.5) is 4.79 Å². The molecule has 9 atom stereocenters. The minimum atomic E-state index is -1.55. The number of nitrogens with one attached hydrogen (secondary N) is 2. The molecule has 7 rings (SSSR count). The Balaban J connectivity index is 1.20. The van der Waals surface area contributed by atoms with Gasteiger partial charge in [-0.3, -0.25) is 4.79 Å². The molecule has 14 nitrogen and oxygen atoms in total. The van der Waals surface area contributed by atoms with Gasteiger partial charge in [0.1, 0.15) is 43.7 Å². The quantitative estimate of drug-likeness (QED) is 0.0474. The van der Waals surface area contributed by atoms with Crippen molar-refractivity contribution >= 4 is 18.0 Å². The van der Waals surface area contributed by atoms with Gasteiger partial charge < -0.3 is 53.6 Å². The summed E-state index contributed by atoms with van der Waals surface area (Å²) >= 11 is 0. The Morgan fingerprint density at radius 3 is 1.34 bits per heavy atom.